The number of hydrogen-bond acceptors (Lipinski definition) is 2. The molecule has 0 atom stereocenters. The zero-order chi connectivity index (χ0) is 12.1. The maximum absolute atomic E-state index is 12.2. The van der Waals surface area contributed by atoms with Crippen LogP contribution in [0.25, 0.3) is 0 Å². The highest BCUT2D eigenvalue weighted by Gasteiger charge is 2.22. The standard InChI is InChI=1S/C9H9BrClF2NO2/c10-8-6(1-4-16-8)9(15)14(3-2-11)5-7(12)13/h1,4,7H,2-3,5H2. The van der Waals surface area contributed by atoms with Crippen molar-refractivity contribution in [2.75, 3.05) is 19.0 Å². The van der Waals surface area contributed by atoms with Crippen molar-refractivity contribution in [3.63, 3.8) is 0 Å². The van der Waals surface area contributed by atoms with Crippen molar-refractivity contribution >= 4 is 33.4 Å². The molecule has 0 N–H and O–H groups in total. The van der Waals surface area contributed by atoms with Crippen LogP contribution in [0.5, 0.6) is 0 Å². The Balaban J connectivity index is 2.78. The average Bonchev–Trinajstić information content (AvgIpc) is 2.62. The second kappa shape index (κ2) is 6.20. The van der Waals surface area contributed by atoms with Crippen LogP contribution in [-0.4, -0.2) is 36.2 Å². The van der Waals surface area contributed by atoms with Crippen molar-refractivity contribution in [3.05, 3.63) is 22.6 Å². The van der Waals surface area contributed by atoms with E-state index in [1.807, 2.05) is 0 Å². The van der Waals surface area contributed by atoms with Gasteiger partial charge in [0.2, 0.25) is 0 Å². The van der Waals surface area contributed by atoms with E-state index in [9.17, 15) is 13.6 Å². The highest BCUT2D eigenvalue weighted by atomic mass is 79.9. The molecule has 3 nitrogen and oxygen atoms in total. The quantitative estimate of drug-likeness (QED) is 0.783. The van der Waals surface area contributed by atoms with Gasteiger partial charge in [-0.05, 0) is 22.0 Å². The smallest absolute Gasteiger partial charge is 0.258 e. The number of halogens is 4. The summed E-state index contributed by atoms with van der Waals surface area (Å²) in [7, 11) is 0. The Morgan fingerprint density at radius 2 is 2.31 bits per heavy atom. The third kappa shape index (κ3) is 3.45. The Labute approximate surface area is 104 Å². The predicted octanol–water partition coefficient (Wildman–Crippen LogP) is 2.99. The molecule has 16 heavy (non-hydrogen) atoms. The van der Waals surface area contributed by atoms with Crippen LogP contribution >= 0.6 is 27.5 Å². The average molecular weight is 317 g/mol. The van der Waals surface area contributed by atoms with E-state index < -0.39 is 18.9 Å². The van der Waals surface area contributed by atoms with E-state index in [0.717, 1.165) is 4.90 Å². The lowest BCUT2D eigenvalue weighted by molar-refractivity contribution is 0.0569. The van der Waals surface area contributed by atoms with Crippen LogP contribution < -0.4 is 0 Å². The number of rotatable bonds is 5. The van der Waals surface area contributed by atoms with Gasteiger partial charge in [-0.3, -0.25) is 4.79 Å². The van der Waals surface area contributed by atoms with Crippen molar-refractivity contribution < 1.29 is 18.0 Å². The molecule has 0 fully saturated rings. The van der Waals surface area contributed by atoms with Crippen molar-refractivity contribution in [3.8, 4) is 0 Å². The number of nitrogens with zero attached hydrogens (tertiary/aromatic N) is 1. The van der Waals surface area contributed by atoms with E-state index in [0.29, 0.717) is 0 Å². The molecule has 1 heterocycles. The van der Waals surface area contributed by atoms with Gasteiger partial charge in [-0.1, -0.05) is 0 Å². The molecule has 0 aromatic carbocycles. The van der Waals surface area contributed by atoms with Crippen molar-refractivity contribution in [2.45, 2.75) is 6.43 Å². The number of carbonyl (C=O) groups excluding carboxylic acids is 1. The monoisotopic (exact) mass is 315 g/mol. The minimum absolute atomic E-state index is 0.0718. The van der Waals surface area contributed by atoms with E-state index in [2.05, 4.69) is 15.9 Å². The van der Waals surface area contributed by atoms with Crippen LogP contribution in [0.1, 0.15) is 10.4 Å². The van der Waals surface area contributed by atoms with Crippen molar-refractivity contribution in [1.82, 2.24) is 4.90 Å². The van der Waals surface area contributed by atoms with Crippen LogP contribution in [0.4, 0.5) is 8.78 Å². The van der Waals surface area contributed by atoms with Crippen LogP contribution in [-0.2, 0) is 0 Å². The Bertz CT molecular complexity index is 359. The molecule has 1 aromatic heterocycles. The van der Waals surface area contributed by atoms with Gasteiger partial charge in [0.05, 0.1) is 18.4 Å². The van der Waals surface area contributed by atoms with Gasteiger partial charge >= 0.3 is 0 Å². The second-order valence-corrected chi connectivity index (χ2v) is 4.04. The summed E-state index contributed by atoms with van der Waals surface area (Å²) in [6.07, 6.45) is -1.28. The molecule has 1 amide bonds. The summed E-state index contributed by atoms with van der Waals surface area (Å²) in [5.41, 5.74) is 0.214. The largest absolute Gasteiger partial charge is 0.457 e. The van der Waals surface area contributed by atoms with E-state index in [-0.39, 0.29) is 22.7 Å². The van der Waals surface area contributed by atoms with E-state index in [1.54, 1.807) is 0 Å². The third-order valence-corrected chi connectivity index (χ3v) is 2.63. The molecule has 0 unspecified atom stereocenters. The minimum atomic E-state index is -2.59. The second-order valence-electron chi connectivity index (χ2n) is 2.94. The van der Waals surface area contributed by atoms with E-state index >= 15 is 0 Å². The zero-order valence-corrected chi connectivity index (χ0v) is 10.5. The van der Waals surface area contributed by atoms with Gasteiger partial charge in [-0.15, -0.1) is 11.6 Å². The zero-order valence-electron chi connectivity index (χ0n) is 8.13. The predicted molar refractivity (Wildman–Crippen MR) is 59.0 cm³/mol. The lowest BCUT2D eigenvalue weighted by atomic mass is 10.3. The molecule has 1 rings (SSSR count). The highest BCUT2D eigenvalue weighted by molar-refractivity contribution is 9.10. The molecule has 90 valence electrons. The van der Waals surface area contributed by atoms with Crippen LogP contribution in [0.3, 0.4) is 0 Å². The summed E-state index contributed by atoms with van der Waals surface area (Å²) in [5, 5.41) is 0. The first-order valence-corrected chi connectivity index (χ1v) is 5.75. The van der Waals surface area contributed by atoms with Crippen LogP contribution in [0.2, 0.25) is 0 Å². The van der Waals surface area contributed by atoms with Crippen LogP contribution in [0, 0.1) is 0 Å². The first kappa shape index (κ1) is 13.4. The lowest BCUT2D eigenvalue weighted by Crippen LogP contribution is -2.36. The molecule has 0 aliphatic carbocycles. The van der Waals surface area contributed by atoms with Gasteiger partial charge in [0.25, 0.3) is 12.3 Å². The molecule has 0 saturated heterocycles. The number of amides is 1. The Morgan fingerprint density at radius 1 is 1.62 bits per heavy atom. The maximum Gasteiger partial charge on any atom is 0.258 e. The van der Waals surface area contributed by atoms with Crippen molar-refractivity contribution in [2.24, 2.45) is 0 Å². The highest BCUT2D eigenvalue weighted by Crippen LogP contribution is 2.19. The number of alkyl halides is 3. The minimum Gasteiger partial charge on any atom is -0.457 e. The Hall–Kier alpha value is -0.620. The number of furan rings is 1. The molecular weight excluding hydrogens is 307 g/mol. The molecule has 0 saturated carbocycles. The van der Waals surface area contributed by atoms with Gasteiger partial charge in [-0.2, -0.15) is 0 Å². The maximum atomic E-state index is 12.2. The molecule has 0 aliphatic rings. The van der Waals surface area contributed by atoms with Crippen LogP contribution in [0.15, 0.2) is 21.4 Å². The Kier molecular flexibility index (Phi) is 5.21. The molecule has 7 heteroatoms. The van der Waals surface area contributed by atoms with Gasteiger partial charge in [-0.25, -0.2) is 8.78 Å². The first-order chi connectivity index (χ1) is 7.56. The van der Waals surface area contributed by atoms with Crippen molar-refractivity contribution in [1.29, 1.82) is 0 Å². The van der Waals surface area contributed by atoms with E-state index in [1.165, 1.54) is 12.3 Å². The van der Waals surface area contributed by atoms with Gasteiger partial charge < -0.3 is 9.32 Å². The molecule has 0 aliphatic heterocycles. The topological polar surface area (TPSA) is 33.5 Å². The molecular formula is C9H9BrClF2NO2. The molecule has 0 radical (unpaired) electrons. The summed E-state index contributed by atoms with van der Waals surface area (Å²) in [4.78, 5) is 12.8. The summed E-state index contributed by atoms with van der Waals surface area (Å²) in [5.74, 6) is -0.421. The summed E-state index contributed by atoms with van der Waals surface area (Å²) >= 11 is 8.47. The SMILES string of the molecule is O=C(c1ccoc1Br)N(CCCl)CC(F)F. The normalized spacial score (nSPS) is 10.8. The summed E-state index contributed by atoms with van der Waals surface area (Å²) in [6.45, 7) is -0.564. The molecule has 0 spiro atoms. The fourth-order valence-corrected chi connectivity index (χ4v) is 1.77. The summed E-state index contributed by atoms with van der Waals surface area (Å²) < 4.78 is 29.6. The van der Waals surface area contributed by atoms with Gasteiger partial charge in [0, 0.05) is 12.4 Å². The first-order valence-electron chi connectivity index (χ1n) is 4.42. The molecule has 1 aromatic rings. The summed E-state index contributed by atoms with van der Waals surface area (Å²) in [6, 6.07) is 1.42. The number of hydrogen-bond donors (Lipinski definition) is 0. The van der Waals surface area contributed by atoms with Gasteiger partial charge in [0.15, 0.2) is 4.67 Å². The fourth-order valence-electron chi connectivity index (χ4n) is 1.16. The lowest BCUT2D eigenvalue weighted by Gasteiger charge is -2.20. The molecule has 0 bridgehead atoms. The fraction of sp³-hybridized carbons (Fsp3) is 0.444. The third-order valence-electron chi connectivity index (χ3n) is 1.85. The van der Waals surface area contributed by atoms with Gasteiger partial charge in [0.1, 0.15) is 0 Å². The Morgan fingerprint density at radius 3 is 2.75 bits per heavy atom. The van der Waals surface area contributed by atoms with E-state index in [4.69, 9.17) is 16.0 Å². The number of carbonyl (C=O) groups is 1.